The second-order valence-electron chi connectivity index (χ2n) is 8.82. The fourth-order valence-electron chi connectivity index (χ4n) is 4.22. The molecule has 0 spiro atoms. The molecule has 1 atom stereocenters. The molecule has 1 aliphatic rings. The Bertz CT molecular complexity index is 1150. The Balaban J connectivity index is 1.90. The molecule has 2 amide bonds. The van der Waals surface area contributed by atoms with E-state index in [4.69, 9.17) is 4.74 Å². The molecule has 2 aromatic carbocycles. The van der Waals surface area contributed by atoms with Crippen LogP contribution in [-0.2, 0) is 16.6 Å². The maximum absolute atomic E-state index is 13.6. The zero-order valence-corrected chi connectivity index (χ0v) is 17.7. The van der Waals surface area contributed by atoms with Crippen LogP contribution in [0.15, 0.2) is 42.6 Å². The molecule has 1 aromatic heterocycles. The molecule has 0 radical (unpaired) electrons. The van der Waals surface area contributed by atoms with Crippen LogP contribution in [0.1, 0.15) is 48.9 Å². The topological polar surface area (TPSA) is 51.5 Å². The number of carbonyl (C=O) groups is 2. The summed E-state index contributed by atoms with van der Waals surface area (Å²) in [6, 6.07) is 11.9. The lowest BCUT2D eigenvalue weighted by Crippen LogP contribution is -2.39. The zero-order chi connectivity index (χ0) is 21.1. The summed E-state index contributed by atoms with van der Waals surface area (Å²) in [5.41, 5.74) is 4.96. The van der Waals surface area contributed by atoms with E-state index in [1.165, 1.54) is 4.90 Å². The number of imide groups is 1. The van der Waals surface area contributed by atoms with Gasteiger partial charge in [0.1, 0.15) is 5.60 Å². The van der Waals surface area contributed by atoms with Crippen molar-refractivity contribution in [2.75, 3.05) is 4.90 Å². The normalized spacial score (nSPS) is 16.4. The number of nitrogens with zero attached hydrogens (tertiary/aromatic N) is 2. The van der Waals surface area contributed by atoms with Crippen LogP contribution in [0.25, 0.3) is 10.9 Å². The van der Waals surface area contributed by atoms with E-state index >= 15 is 0 Å². The van der Waals surface area contributed by atoms with E-state index in [0.29, 0.717) is 5.69 Å². The molecular formula is C24H26N2O3. The molecule has 3 aromatic rings. The molecule has 0 aliphatic carbocycles. The van der Waals surface area contributed by atoms with Gasteiger partial charge in [-0.25, -0.2) is 9.69 Å². The van der Waals surface area contributed by atoms with Crippen LogP contribution in [0, 0.1) is 13.8 Å². The number of para-hydroxylation sites is 1. The molecule has 0 bridgehead atoms. The molecule has 1 aliphatic heterocycles. The third-order valence-electron chi connectivity index (χ3n) is 5.32. The Kier molecular flexibility index (Phi) is 4.30. The maximum atomic E-state index is 13.6. The van der Waals surface area contributed by atoms with Gasteiger partial charge in [0.05, 0.1) is 17.1 Å². The molecular weight excluding hydrogens is 364 g/mol. The lowest BCUT2D eigenvalue weighted by molar-refractivity contribution is -0.118. The van der Waals surface area contributed by atoms with Crippen LogP contribution < -0.4 is 4.90 Å². The van der Waals surface area contributed by atoms with Crippen LogP contribution in [0.3, 0.4) is 0 Å². The van der Waals surface area contributed by atoms with Crippen LogP contribution >= 0.6 is 0 Å². The molecule has 4 rings (SSSR count). The van der Waals surface area contributed by atoms with E-state index in [1.54, 1.807) is 20.8 Å². The number of fused-ring (bicyclic) bond motifs is 2. The van der Waals surface area contributed by atoms with Crippen molar-refractivity contribution in [2.24, 2.45) is 7.05 Å². The SMILES string of the molecule is Cc1ccc2c(c1)C(c1cn(C)c3c(C)cccc13)C(=O)N2C(=O)OC(C)(C)C. The summed E-state index contributed by atoms with van der Waals surface area (Å²) in [6.45, 7) is 9.45. The van der Waals surface area contributed by atoms with Crippen LogP contribution in [0.2, 0.25) is 0 Å². The van der Waals surface area contributed by atoms with Crippen molar-refractivity contribution >= 4 is 28.6 Å². The number of rotatable bonds is 1. The number of anilines is 1. The summed E-state index contributed by atoms with van der Waals surface area (Å²) in [5.74, 6) is -0.809. The largest absolute Gasteiger partial charge is 0.443 e. The van der Waals surface area contributed by atoms with Crippen LogP contribution in [-0.4, -0.2) is 22.2 Å². The quantitative estimate of drug-likeness (QED) is 0.573. The highest BCUT2D eigenvalue weighted by Crippen LogP contribution is 2.44. The molecule has 0 saturated carbocycles. The van der Waals surface area contributed by atoms with E-state index in [9.17, 15) is 9.59 Å². The first kappa shape index (κ1) is 19.2. The molecule has 5 nitrogen and oxygen atoms in total. The second-order valence-corrected chi connectivity index (χ2v) is 8.82. The highest BCUT2D eigenvalue weighted by Gasteiger charge is 2.44. The average molecular weight is 390 g/mol. The van der Waals surface area contributed by atoms with Crippen molar-refractivity contribution < 1.29 is 14.3 Å². The average Bonchev–Trinajstić information content (AvgIpc) is 3.07. The van der Waals surface area contributed by atoms with Gasteiger partial charge in [0.25, 0.3) is 0 Å². The molecule has 29 heavy (non-hydrogen) atoms. The first-order valence-electron chi connectivity index (χ1n) is 9.80. The summed E-state index contributed by atoms with van der Waals surface area (Å²) in [7, 11) is 1.99. The van der Waals surface area contributed by atoms with Crippen molar-refractivity contribution in [1.82, 2.24) is 4.57 Å². The lowest BCUT2D eigenvalue weighted by Gasteiger charge is -2.24. The predicted molar refractivity (Wildman–Crippen MR) is 114 cm³/mol. The standard InChI is InChI=1S/C24H26N2O3/c1-14-10-11-19-17(12-14)20(22(27)26(19)23(28)29-24(3,4)5)18-13-25(6)21-15(2)8-7-9-16(18)21/h7-13,20H,1-6H3. The van der Waals surface area contributed by atoms with Gasteiger partial charge >= 0.3 is 6.09 Å². The van der Waals surface area contributed by atoms with E-state index < -0.39 is 17.6 Å². The Hall–Kier alpha value is -3.08. The highest BCUT2D eigenvalue weighted by molar-refractivity contribution is 6.21. The predicted octanol–water partition coefficient (Wildman–Crippen LogP) is 5.21. The van der Waals surface area contributed by atoms with Gasteiger partial charge in [-0.3, -0.25) is 4.79 Å². The molecule has 0 fully saturated rings. The van der Waals surface area contributed by atoms with Gasteiger partial charge in [0.15, 0.2) is 0 Å². The highest BCUT2D eigenvalue weighted by atomic mass is 16.6. The molecule has 2 heterocycles. The third-order valence-corrected chi connectivity index (χ3v) is 5.32. The lowest BCUT2D eigenvalue weighted by atomic mass is 9.91. The number of amides is 2. The van der Waals surface area contributed by atoms with Gasteiger partial charge in [0, 0.05) is 18.6 Å². The number of hydrogen-bond acceptors (Lipinski definition) is 3. The van der Waals surface area contributed by atoms with Crippen molar-refractivity contribution in [3.8, 4) is 0 Å². The van der Waals surface area contributed by atoms with Gasteiger partial charge in [-0.05, 0) is 57.4 Å². The van der Waals surface area contributed by atoms with Crippen molar-refractivity contribution in [2.45, 2.75) is 46.1 Å². The van der Waals surface area contributed by atoms with Crippen LogP contribution in [0.4, 0.5) is 10.5 Å². The van der Waals surface area contributed by atoms with Crippen molar-refractivity contribution in [1.29, 1.82) is 0 Å². The zero-order valence-electron chi connectivity index (χ0n) is 17.7. The van der Waals surface area contributed by atoms with E-state index in [2.05, 4.69) is 17.6 Å². The smallest absolute Gasteiger partial charge is 0.421 e. The summed E-state index contributed by atoms with van der Waals surface area (Å²) in [5, 5.41) is 1.03. The number of carbonyl (C=O) groups excluding carboxylic acids is 2. The summed E-state index contributed by atoms with van der Waals surface area (Å²) in [6.07, 6.45) is 1.37. The van der Waals surface area contributed by atoms with Gasteiger partial charge < -0.3 is 9.30 Å². The maximum Gasteiger partial charge on any atom is 0.421 e. The van der Waals surface area contributed by atoms with E-state index in [-0.39, 0.29) is 5.91 Å². The first-order chi connectivity index (χ1) is 13.6. The number of benzene rings is 2. The van der Waals surface area contributed by atoms with Gasteiger partial charge in [0.2, 0.25) is 5.91 Å². The molecule has 5 heteroatoms. The fraction of sp³-hybridized carbons (Fsp3) is 0.333. The van der Waals surface area contributed by atoms with Crippen molar-refractivity contribution in [3.05, 3.63) is 64.8 Å². The minimum absolute atomic E-state index is 0.270. The Morgan fingerprint density at radius 2 is 1.79 bits per heavy atom. The number of aryl methyl sites for hydroxylation is 3. The summed E-state index contributed by atoms with van der Waals surface area (Å²) >= 11 is 0. The monoisotopic (exact) mass is 390 g/mol. The number of hydrogen-bond donors (Lipinski definition) is 0. The van der Waals surface area contributed by atoms with Crippen LogP contribution in [0.5, 0.6) is 0 Å². The minimum Gasteiger partial charge on any atom is -0.443 e. The Morgan fingerprint density at radius 3 is 2.48 bits per heavy atom. The molecule has 0 N–H and O–H groups in total. The second kappa shape index (κ2) is 6.48. The summed E-state index contributed by atoms with van der Waals surface area (Å²) in [4.78, 5) is 27.6. The molecule has 0 saturated heterocycles. The molecule has 1 unspecified atom stereocenters. The van der Waals surface area contributed by atoms with Gasteiger partial charge in [-0.15, -0.1) is 0 Å². The summed E-state index contributed by atoms with van der Waals surface area (Å²) < 4.78 is 7.59. The van der Waals surface area contributed by atoms with Gasteiger partial charge in [-0.1, -0.05) is 35.9 Å². The van der Waals surface area contributed by atoms with Gasteiger partial charge in [-0.2, -0.15) is 0 Å². The Labute approximate surface area is 170 Å². The Morgan fingerprint density at radius 1 is 1.07 bits per heavy atom. The number of aromatic nitrogens is 1. The third kappa shape index (κ3) is 3.11. The van der Waals surface area contributed by atoms with Crippen molar-refractivity contribution in [3.63, 3.8) is 0 Å². The minimum atomic E-state index is -0.684. The van der Waals surface area contributed by atoms with E-state index in [0.717, 1.165) is 33.2 Å². The fourth-order valence-corrected chi connectivity index (χ4v) is 4.22. The number of ether oxygens (including phenoxy) is 1. The first-order valence-corrected chi connectivity index (χ1v) is 9.80. The molecule has 150 valence electrons. The van der Waals surface area contributed by atoms with E-state index in [1.807, 2.05) is 50.5 Å².